The highest BCUT2D eigenvalue weighted by atomic mass is 32.1. The summed E-state index contributed by atoms with van der Waals surface area (Å²) in [5.74, 6) is 0.984. The van der Waals surface area contributed by atoms with Crippen molar-refractivity contribution in [3.63, 3.8) is 0 Å². The number of aromatic nitrogens is 5. The maximum Gasteiger partial charge on any atom is 0.130 e. The van der Waals surface area contributed by atoms with E-state index in [0.29, 0.717) is 0 Å². The SMILES string of the molecule is C1=C(c2nccs2)C(c2[nH]nc3ccccc23)N(c2cc[nH]c2)N1c1cc2ccccc2[nH]1. The number of hydrazine groups is 1. The second kappa shape index (κ2) is 7.11. The van der Waals surface area contributed by atoms with Gasteiger partial charge in [-0.05, 0) is 24.3 Å². The number of benzene rings is 2. The molecular formula is C25H19N7S. The van der Waals surface area contributed by atoms with Crippen molar-refractivity contribution in [3.05, 3.63) is 102 Å². The fraction of sp³-hybridized carbons (Fsp3) is 0.0400. The normalized spacial score (nSPS) is 16.2. The van der Waals surface area contributed by atoms with Gasteiger partial charge in [0, 0.05) is 52.0 Å². The smallest absolute Gasteiger partial charge is 0.130 e. The Morgan fingerprint density at radius 1 is 1.00 bits per heavy atom. The lowest BCUT2D eigenvalue weighted by atomic mass is 10.0. The summed E-state index contributed by atoms with van der Waals surface area (Å²) in [6.07, 6.45) is 7.99. The molecule has 0 amide bonds. The summed E-state index contributed by atoms with van der Waals surface area (Å²) in [6, 6.07) is 20.7. The number of hydrogen-bond donors (Lipinski definition) is 3. The summed E-state index contributed by atoms with van der Waals surface area (Å²) in [6.45, 7) is 0. The van der Waals surface area contributed by atoms with E-state index in [1.165, 1.54) is 5.39 Å². The minimum Gasteiger partial charge on any atom is -0.366 e. The first-order valence-corrected chi connectivity index (χ1v) is 11.6. The molecule has 0 saturated heterocycles. The third-order valence-corrected chi connectivity index (χ3v) is 6.91. The number of hydrogen-bond acceptors (Lipinski definition) is 5. The second-order valence-electron chi connectivity index (χ2n) is 7.98. The zero-order valence-corrected chi connectivity index (χ0v) is 18.3. The monoisotopic (exact) mass is 449 g/mol. The van der Waals surface area contributed by atoms with E-state index in [-0.39, 0.29) is 6.04 Å². The summed E-state index contributed by atoms with van der Waals surface area (Å²) in [4.78, 5) is 11.5. The molecule has 0 spiro atoms. The van der Waals surface area contributed by atoms with Gasteiger partial charge in [0.15, 0.2) is 0 Å². The molecule has 8 heteroatoms. The molecule has 160 valence electrons. The fourth-order valence-corrected chi connectivity index (χ4v) is 5.30. The van der Waals surface area contributed by atoms with Crippen LogP contribution in [0.4, 0.5) is 11.5 Å². The Labute approximate surface area is 193 Å². The summed E-state index contributed by atoms with van der Waals surface area (Å²) in [5.41, 5.74) is 5.23. The van der Waals surface area contributed by atoms with E-state index in [4.69, 9.17) is 0 Å². The molecule has 5 heterocycles. The third kappa shape index (κ3) is 2.81. The molecule has 1 atom stereocenters. The molecule has 33 heavy (non-hydrogen) atoms. The molecule has 1 aliphatic heterocycles. The number of aromatic amines is 3. The second-order valence-corrected chi connectivity index (χ2v) is 8.87. The van der Waals surface area contributed by atoms with E-state index in [0.717, 1.165) is 44.2 Å². The molecule has 0 bridgehead atoms. The van der Waals surface area contributed by atoms with Crippen LogP contribution in [0.1, 0.15) is 16.7 Å². The van der Waals surface area contributed by atoms with E-state index in [1.54, 1.807) is 11.3 Å². The number of nitrogens with zero attached hydrogens (tertiary/aromatic N) is 4. The van der Waals surface area contributed by atoms with E-state index in [2.05, 4.69) is 83.8 Å². The first-order chi connectivity index (χ1) is 16.4. The number of H-pyrrole nitrogens is 3. The topological polar surface area (TPSA) is 79.6 Å². The van der Waals surface area contributed by atoms with Crippen LogP contribution in [-0.2, 0) is 0 Å². The van der Waals surface area contributed by atoms with E-state index < -0.39 is 0 Å². The van der Waals surface area contributed by atoms with Crippen LogP contribution in [0.15, 0.2) is 90.8 Å². The summed E-state index contributed by atoms with van der Waals surface area (Å²) >= 11 is 1.64. The lowest BCUT2D eigenvalue weighted by Crippen LogP contribution is -2.37. The lowest BCUT2D eigenvalue weighted by Gasteiger charge is -2.34. The van der Waals surface area contributed by atoms with Gasteiger partial charge >= 0.3 is 0 Å². The molecule has 4 aromatic heterocycles. The fourth-order valence-electron chi connectivity index (χ4n) is 4.62. The highest BCUT2D eigenvalue weighted by molar-refractivity contribution is 7.10. The van der Waals surface area contributed by atoms with Gasteiger partial charge in [-0.25, -0.2) is 9.99 Å². The zero-order valence-electron chi connectivity index (χ0n) is 17.4. The van der Waals surface area contributed by atoms with Crippen LogP contribution < -0.4 is 10.0 Å². The molecule has 7 rings (SSSR count). The highest BCUT2D eigenvalue weighted by Crippen LogP contribution is 2.47. The number of fused-ring (bicyclic) bond motifs is 2. The molecule has 6 aromatic rings. The van der Waals surface area contributed by atoms with Crippen LogP contribution >= 0.6 is 11.3 Å². The lowest BCUT2D eigenvalue weighted by molar-refractivity contribution is 0.755. The van der Waals surface area contributed by atoms with Gasteiger partial charge < -0.3 is 9.97 Å². The van der Waals surface area contributed by atoms with Crippen LogP contribution in [0.5, 0.6) is 0 Å². The Morgan fingerprint density at radius 3 is 2.76 bits per heavy atom. The maximum absolute atomic E-state index is 4.67. The van der Waals surface area contributed by atoms with Crippen LogP contribution in [0.3, 0.4) is 0 Å². The first-order valence-electron chi connectivity index (χ1n) is 10.7. The highest BCUT2D eigenvalue weighted by Gasteiger charge is 2.39. The standard InChI is InChI=1S/C25H19N7S/c1-3-7-20-16(5-1)13-22(28-20)31-15-19(25-27-11-12-33-25)24(32(31)17-9-10-26-14-17)23-18-6-2-4-8-21(18)29-30-23/h1-15,24,26,28H,(H,29,30). The van der Waals surface area contributed by atoms with Gasteiger partial charge in [0.05, 0.1) is 16.9 Å². The van der Waals surface area contributed by atoms with Crippen molar-refractivity contribution < 1.29 is 0 Å². The van der Waals surface area contributed by atoms with Crippen molar-refractivity contribution in [2.45, 2.75) is 6.04 Å². The van der Waals surface area contributed by atoms with E-state index in [1.807, 2.05) is 42.2 Å². The Hall–Kier alpha value is -4.30. The van der Waals surface area contributed by atoms with Gasteiger partial charge in [0.1, 0.15) is 16.9 Å². The van der Waals surface area contributed by atoms with E-state index >= 15 is 0 Å². The number of rotatable bonds is 4. The molecule has 2 aromatic carbocycles. The van der Waals surface area contributed by atoms with Gasteiger partial charge in [-0.1, -0.05) is 36.4 Å². The van der Waals surface area contributed by atoms with Crippen molar-refractivity contribution in [1.82, 2.24) is 25.1 Å². The first kappa shape index (κ1) is 18.3. The maximum atomic E-state index is 4.67. The summed E-state index contributed by atoms with van der Waals surface area (Å²) in [5, 5.41) is 17.7. The largest absolute Gasteiger partial charge is 0.366 e. The van der Waals surface area contributed by atoms with Gasteiger partial charge in [0.25, 0.3) is 0 Å². The molecule has 0 aliphatic carbocycles. The zero-order chi connectivity index (χ0) is 21.8. The Balaban J connectivity index is 1.47. The Morgan fingerprint density at radius 2 is 1.91 bits per heavy atom. The molecule has 0 fully saturated rings. The summed E-state index contributed by atoms with van der Waals surface area (Å²) in [7, 11) is 0. The minimum absolute atomic E-state index is 0.134. The Kier molecular flexibility index (Phi) is 3.94. The molecule has 0 saturated carbocycles. The van der Waals surface area contributed by atoms with Gasteiger partial charge in [0.2, 0.25) is 0 Å². The molecule has 7 nitrogen and oxygen atoms in total. The third-order valence-electron chi connectivity index (χ3n) is 6.09. The number of thiazole rings is 1. The predicted molar refractivity (Wildman–Crippen MR) is 133 cm³/mol. The number of para-hydroxylation sites is 2. The predicted octanol–water partition coefficient (Wildman–Crippen LogP) is 5.85. The van der Waals surface area contributed by atoms with Gasteiger partial charge in [-0.3, -0.25) is 10.1 Å². The number of nitrogens with one attached hydrogen (secondary N) is 3. The van der Waals surface area contributed by atoms with Crippen molar-refractivity contribution in [2.24, 2.45) is 0 Å². The van der Waals surface area contributed by atoms with Crippen molar-refractivity contribution >= 4 is 50.2 Å². The molecule has 0 radical (unpaired) electrons. The van der Waals surface area contributed by atoms with Crippen molar-refractivity contribution in [3.8, 4) is 0 Å². The van der Waals surface area contributed by atoms with Crippen molar-refractivity contribution in [2.75, 3.05) is 10.0 Å². The number of anilines is 2. The van der Waals surface area contributed by atoms with Crippen molar-refractivity contribution in [1.29, 1.82) is 0 Å². The quantitative estimate of drug-likeness (QED) is 0.315. The molecule has 3 N–H and O–H groups in total. The average molecular weight is 450 g/mol. The minimum atomic E-state index is -0.134. The van der Waals surface area contributed by atoms with Crippen LogP contribution in [-0.4, -0.2) is 25.1 Å². The van der Waals surface area contributed by atoms with Crippen LogP contribution in [0.25, 0.3) is 27.4 Å². The molecule has 1 aliphatic rings. The van der Waals surface area contributed by atoms with Crippen LogP contribution in [0, 0.1) is 0 Å². The van der Waals surface area contributed by atoms with Gasteiger partial charge in [-0.2, -0.15) is 5.10 Å². The van der Waals surface area contributed by atoms with Crippen LogP contribution in [0.2, 0.25) is 0 Å². The molecular weight excluding hydrogens is 430 g/mol. The molecule has 1 unspecified atom stereocenters. The average Bonchev–Trinajstić information content (AvgIpc) is 3.65. The Bertz CT molecular complexity index is 1560. The van der Waals surface area contributed by atoms with E-state index in [9.17, 15) is 0 Å². The summed E-state index contributed by atoms with van der Waals surface area (Å²) < 4.78 is 0. The van der Waals surface area contributed by atoms with Gasteiger partial charge in [-0.15, -0.1) is 11.3 Å².